The van der Waals surface area contributed by atoms with Crippen LogP contribution in [-0.4, -0.2) is 41.0 Å². The SMILES string of the molecule is O=C(CCN1CCCC1C(=O)O)NCc1ccccc1Cl. The monoisotopic (exact) mass is 310 g/mol. The number of likely N-dealkylation sites (tertiary alicyclic amines) is 1. The van der Waals surface area contributed by atoms with Crippen LogP contribution in [-0.2, 0) is 16.1 Å². The molecule has 1 fully saturated rings. The standard InChI is InChI=1S/C15H19ClN2O3/c16-12-5-2-1-4-11(12)10-17-14(19)7-9-18-8-3-6-13(18)15(20)21/h1-2,4-5,13H,3,6-10H2,(H,17,19)(H,20,21). The molecule has 5 nitrogen and oxygen atoms in total. The number of halogens is 1. The fourth-order valence-corrected chi connectivity index (χ4v) is 2.75. The van der Waals surface area contributed by atoms with Gasteiger partial charge in [-0.15, -0.1) is 0 Å². The van der Waals surface area contributed by atoms with Crippen LogP contribution in [0.2, 0.25) is 5.02 Å². The zero-order valence-corrected chi connectivity index (χ0v) is 12.5. The summed E-state index contributed by atoms with van der Waals surface area (Å²) in [6.45, 7) is 1.61. The number of nitrogens with one attached hydrogen (secondary N) is 1. The first kappa shape index (κ1) is 15.8. The number of carboxylic acids is 1. The summed E-state index contributed by atoms with van der Waals surface area (Å²) in [4.78, 5) is 24.7. The number of carbonyl (C=O) groups is 2. The molecule has 1 unspecified atom stereocenters. The van der Waals surface area contributed by atoms with Crippen LogP contribution >= 0.6 is 11.6 Å². The summed E-state index contributed by atoms with van der Waals surface area (Å²) in [5.74, 6) is -0.894. The van der Waals surface area contributed by atoms with Crippen molar-refractivity contribution in [1.82, 2.24) is 10.2 Å². The highest BCUT2D eigenvalue weighted by molar-refractivity contribution is 6.31. The van der Waals surface area contributed by atoms with E-state index in [1.165, 1.54) is 0 Å². The van der Waals surface area contributed by atoms with Gasteiger partial charge in [0.2, 0.25) is 5.91 Å². The minimum atomic E-state index is -0.802. The maximum atomic E-state index is 11.8. The number of carbonyl (C=O) groups excluding carboxylic acids is 1. The summed E-state index contributed by atoms with van der Waals surface area (Å²) in [7, 11) is 0. The number of amides is 1. The molecule has 1 aromatic rings. The fraction of sp³-hybridized carbons (Fsp3) is 0.467. The van der Waals surface area contributed by atoms with Gasteiger partial charge in [-0.2, -0.15) is 0 Å². The van der Waals surface area contributed by atoms with Crippen LogP contribution in [0.25, 0.3) is 0 Å². The van der Waals surface area contributed by atoms with E-state index >= 15 is 0 Å². The normalized spacial score (nSPS) is 18.6. The summed E-state index contributed by atoms with van der Waals surface area (Å²) < 4.78 is 0. The second kappa shape index (κ2) is 7.43. The molecule has 0 aliphatic carbocycles. The smallest absolute Gasteiger partial charge is 0.320 e. The van der Waals surface area contributed by atoms with Gasteiger partial charge in [-0.1, -0.05) is 29.8 Å². The Bertz CT molecular complexity index is 521. The van der Waals surface area contributed by atoms with Crippen molar-refractivity contribution in [1.29, 1.82) is 0 Å². The lowest BCUT2D eigenvalue weighted by Crippen LogP contribution is -2.38. The minimum Gasteiger partial charge on any atom is -0.480 e. The van der Waals surface area contributed by atoms with E-state index in [1.54, 1.807) is 6.07 Å². The molecular formula is C15H19ClN2O3. The van der Waals surface area contributed by atoms with Gasteiger partial charge in [0.05, 0.1) is 0 Å². The maximum Gasteiger partial charge on any atom is 0.320 e. The Morgan fingerprint density at radius 3 is 2.86 bits per heavy atom. The number of rotatable bonds is 6. The number of benzene rings is 1. The molecule has 21 heavy (non-hydrogen) atoms. The van der Waals surface area contributed by atoms with E-state index in [0.717, 1.165) is 18.5 Å². The van der Waals surface area contributed by atoms with Gasteiger partial charge < -0.3 is 10.4 Å². The van der Waals surface area contributed by atoms with Gasteiger partial charge in [-0.25, -0.2) is 0 Å². The van der Waals surface area contributed by atoms with Crippen molar-refractivity contribution in [3.05, 3.63) is 34.9 Å². The number of hydrogen-bond acceptors (Lipinski definition) is 3. The van der Waals surface area contributed by atoms with Crippen LogP contribution in [0.15, 0.2) is 24.3 Å². The molecule has 0 spiro atoms. The second-order valence-corrected chi connectivity index (χ2v) is 5.56. The number of aliphatic carboxylic acids is 1. The first-order valence-electron chi connectivity index (χ1n) is 7.05. The summed E-state index contributed by atoms with van der Waals surface area (Å²) in [5, 5.41) is 12.5. The number of carboxylic acid groups (broad SMARTS) is 1. The third-order valence-electron chi connectivity index (χ3n) is 3.71. The van der Waals surface area contributed by atoms with Crippen molar-refractivity contribution in [3.63, 3.8) is 0 Å². The van der Waals surface area contributed by atoms with E-state index in [1.807, 2.05) is 23.1 Å². The quantitative estimate of drug-likeness (QED) is 0.842. The third-order valence-corrected chi connectivity index (χ3v) is 4.08. The average molecular weight is 311 g/mol. The fourth-order valence-electron chi connectivity index (χ4n) is 2.54. The van der Waals surface area contributed by atoms with Crippen LogP contribution in [0.3, 0.4) is 0 Å². The van der Waals surface area contributed by atoms with Crippen LogP contribution in [0.4, 0.5) is 0 Å². The highest BCUT2D eigenvalue weighted by Gasteiger charge is 2.30. The van der Waals surface area contributed by atoms with E-state index in [-0.39, 0.29) is 5.91 Å². The Labute approximate surface area is 128 Å². The molecule has 0 saturated carbocycles. The Balaban J connectivity index is 1.75. The van der Waals surface area contributed by atoms with Crippen molar-refractivity contribution < 1.29 is 14.7 Å². The Morgan fingerprint density at radius 2 is 2.14 bits per heavy atom. The van der Waals surface area contributed by atoms with Crippen molar-refractivity contribution in [2.45, 2.75) is 31.8 Å². The number of nitrogens with zero attached hydrogens (tertiary/aromatic N) is 1. The lowest BCUT2D eigenvalue weighted by Gasteiger charge is -2.20. The van der Waals surface area contributed by atoms with E-state index in [2.05, 4.69) is 5.32 Å². The van der Waals surface area contributed by atoms with Gasteiger partial charge in [0.15, 0.2) is 0 Å². The topological polar surface area (TPSA) is 69.6 Å². The molecule has 0 radical (unpaired) electrons. The lowest BCUT2D eigenvalue weighted by atomic mass is 10.2. The molecule has 114 valence electrons. The van der Waals surface area contributed by atoms with E-state index in [4.69, 9.17) is 16.7 Å². The Hall–Kier alpha value is -1.59. The average Bonchev–Trinajstić information content (AvgIpc) is 2.93. The largest absolute Gasteiger partial charge is 0.480 e. The first-order valence-corrected chi connectivity index (χ1v) is 7.42. The summed E-state index contributed by atoms with van der Waals surface area (Å²) in [6.07, 6.45) is 1.84. The van der Waals surface area contributed by atoms with Crippen molar-refractivity contribution >= 4 is 23.5 Å². The molecule has 0 aromatic heterocycles. The van der Waals surface area contributed by atoms with Gasteiger partial charge in [-0.05, 0) is 31.0 Å². The first-order chi connectivity index (χ1) is 10.1. The summed E-state index contributed by atoms with van der Waals surface area (Å²) in [6, 6.07) is 6.91. The van der Waals surface area contributed by atoms with Gasteiger partial charge in [0.25, 0.3) is 0 Å². The zero-order chi connectivity index (χ0) is 15.2. The second-order valence-electron chi connectivity index (χ2n) is 5.15. The molecule has 2 N–H and O–H groups in total. The van der Waals surface area contributed by atoms with E-state index < -0.39 is 12.0 Å². The van der Waals surface area contributed by atoms with Crippen molar-refractivity contribution in [3.8, 4) is 0 Å². The van der Waals surface area contributed by atoms with Crippen LogP contribution in [0.5, 0.6) is 0 Å². The summed E-state index contributed by atoms with van der Waals surface area (Å²) in [5.41, 5.74) is 0.872. The van der Waals surface area contributed by atoms with Crippen LogP contribution in [0.1, 0.15) is 24.8 Å². The molecule has 1 amide bonds. The van der Waals surface area contributed by atoms with Crippen LogP contribution < -0.4 is 5.32 Å². The summed E-state index contributed by atoms with van der Waals surface area (Å²) >= 11 is 6.02. The lowest BCUT2D eigenvalue weighted by molar-refractivity contribution is -0.142. The molecule has 1 heterocycles. The van der Waals surface area contributed by atoms with Crippen molar-refractivity contribution in [2.24, 2.45) is 0 Å². The maximum absolute atomic E-state index is 11.8. The van der Waals surface area contributed by atoms with Gasteiger partial charge in [0, 0.05) is 24.5 Å². The number of hydrogen-bond donors (Lipinski definition) is 2. The molecule has 1 aliphatic rings. The molecule has 1 saturated heterocycles. The minimum absolute atomic E-state index is 0.0917. The molecule has 1 atom stereocenters. The van der Waals surface area contributed by atoms with Crippen LogP contribution in [0, 0.1) is 0 Å². The molecular weight excluding hydrogens is 292 g/mol. The predicted octanol–water partition coefficient (Wildman–Crippen LogP) is 1.90. The molecule has 0 bridgehead atoms. The van der Waals surface area contributed by atoms with Gasteiger partial charge in [0.1, 0.15) is 6.04 Å². The predicted molar refractivity (Wildman–Crippen MR) is 80.1 cm³/mol. The van der Waals surface area contributed by atoms with Gasteiger partial charge in [-0.3, -0.25) is 14.5 Å². The Morgan fingerprint density at radius 1 is 1.38 bits per heavy atom. The molecule has 1 aromatic carbocycles. The van der Waals surface area contributed by atoms with E-state index in [0.29, 0.717) is 31.0 Å². The third kappa shape index (κ3) is 4.44. The Kier molecular flexibility index (Phi) is 5.59. The molecule has 1 aliphatic heterocycles. The van der Waals surface area contributed by atoms with Gasteiger partial charge >= 0.3 is 5.97 Å². The highest BCUT2D eigenvalue weighted by atomic mass is 35.5. The van der Waals surface area contributed by atoms with Crippen molar-refractivity contribution in [2.75, 3.05) is 13.1 Å². The molecule has 6 heteroatoms. The highest BCUT2D eigenvalue weighted by Crippen LogP contribution is 2.17. The zero-order valence-electron chi connectivity index (χ0n) is 11.7. The van der Waals surface area contributed by atoms with E-state index in [9.17, 15) is 9.59 Å². The molecule has 2 rings (SSSR count).